The Morgan fingerprint density at radius 3 is 2.07 bits per heavy atom. The summed E-state index contributed by atoms with van der Waals surface area (Å²) < 4.78 is 31.9. The van der Waals surface area contributed by atoms with Crippen LogP contribution in [-0.2, 0) is 10.1 Å². The summed E-state index contributed by atoms with van der Waals surface area (Å²) in [5.74, 6) is 0. The van der Waals surface area contributed by atoms with E-state index in [0.717, 1.165) is 6.07 Å². The molecule has 0 heterocycles. The number of nitrogen functional groups attached to an aromatic ring is 1. The van der Waals surface area contributed by atoms with Crippen LogP contribution < -0.4 is 5.73 Å². The van der Waals surface area contributed by atoms with Crippen molar-refractivity contribution in [1.82, 2.24) is 0 Å². The average molecular weight is 410 g/mol. The quantitative estimate of drug-likeness (QED) is 0.424. The van der Waals surface area contributed by atoms with Gasteiger partial charge in [-0.1, -0.05) is 0 Å². The van der Waals surface area contributed by atoms with E-state index in [-0.39, 0.29) is 15.1 Å². The van der Waals surface area contributed by atoms with E-state index in [4.69, 9.17) is 10.3 Å². The molecule has 0 aliphatic rings. The molecule has 0 aliphatic heterocycles. The fourth-order valence-corrected chi connectivity index (χ4v) is 3.47. The number of benzene rings is 1. The topological polar surface area (TPSA) is 80.4 Å². The first-order valence-corrected chi connectivity index (χ1v) is 6.97. The van der Waals surface area contributed by atoms with Crippen LogP contribution in [0, 0.1) is 0 Å². The van der Waals surface area contributed by atoms with Crippen molar-refractivity contribution in [2.24, 2.45) is 0 Å². The van der Waals surface area contributed by atoms with Gasteiger partial charge in [-0.15, -0.1) is 0 Å². The van der Waals surface area contributed by atoms with Crippen LogP contribution in [0.3, 0.4) is 0 Å². The zero-order valence-electron chi connectivity index (χ0n) is 6.46. The zero-order chi connectivity index (χ0) is 11.1. The Morgan fingerprint density at radius 1 is 1.14 bits per heavy atom. The van der Waals surface area contributed by atoms with Crippen LogP contribution in [0.2, 0.25) is 0 Å². The minimum atomic E-state index is -4.27. The first-order valence-electron chi connectivity index (χ1n) is 3.15. The molecular formula is C6H4Br3NO3S. The maximum atomic E-state index is 10.9. The van der Waals surface area contributed by atoms with E-state index < -0.39 is 10.1 Å². The molecule has 0 saturated carbocycles. The Kier molecular flexibility index (Phi) is 3.63. The molecule has 8 heteroatoms. The van der Waals surface area contributed by atoms with Gasteiger partial charge in [-0.3, -0.25) is 4.55 Å². The van der Waals surface area contributed by atoms with Gasteiger partial charge in [0.1, 0.15) is 4.90 Å². The smallest absolute Gasteiger partial charge is 0.295 e. The van der Waals surface area contributed by atoms with Gasteiger partial charge in [0.2, 0.25) is 0 Å². The lowest BCUT2D eigenvalue weighted by Gasteiger charge is -2.07. The number of anilines is 1. The fraction of sp³-hybridized carbons (Fsp3) is 0. The molecule has 3 N–H and O–H groups in total. The monoisotopic (exact) mass is 407 g/mol. The molecule has 14 heavy (non-hydrogen) atoms. The normalized spacial score (nSPS) is 11.7. The third-order valence-electron chi connectivity index (χ3n) is 1.42. The molecule has 0 atom stereocenters. The highest BCUT2D eigenvalue weighted by molar-refractivity contribution is 9.14. The second-order valence-corrected chi connectivity index (χ2v) is 6.15. The first-order chi connectivity index (χ1) is 6.25. The van der Waals surface area contributed by atoms with Crippen LogP contribution in [0.4, 0.5) is 5.69 Å². The van der Waals surface area contributed by atoms with Gasteiger partial charge in [-0.25, -0.2) is 0 Å². The van der Waals surface area contributed by atoms with E-state index in [1.165, 1.54) is 0 Å². The van der Waals surface area contributed by atoms with Crippen LogP contribution in [0.15, 0.2) is 24.4 Å². The van der Waals surface area contributed by atoms with E-state index in [9.17, 15) is 8.42 Å². The summed E-state index contributed by atoms with van der Waals surface area (Å²) in [6, 6.07) is 1.16. The predicted octanol–water partition coefficient (Wildman–Crippen LogP) is 2.80. The summed E-state index contributed by atoms with van der Waals surface area (Å²) in [7, 11) is -4.27. The number of nitrogens with two attached hydrogens (primary N) is 1. The maximum absolute atomic E-state index is 10.9. The predicted molar refractivity (Wildman–Crippen MR) is 63.8 cm³/mol. The van der Waals surface area contributed by atoms with Gasteiger partial charge in [0.05, 0.1) is 8.95 Å². The second-order valence-electron chi connectivity index (χ2n) is 2.38. The molecule has 0 amide bonds. The van der Waals surface area contributed by atoms with Crippen molar-refractivity contribution in [3.8, 4) is 0 Å². The number of hydrogen-bond acceptors (Lipinski definition) is 3. The summed E-state index contributed by atoms with van der Waals surface area (Å²) >= 11 is 9.31. The maximum Gasteiger partial charge on any atom is 0.295 e. The van der Waals surface area contributed by atoms with Gasteiger partial charge in [0.25, 0.3) is 10.1 Å². The number of rotatable bonds is 1. The summed E-state index contributed by atoms with van der Waals surface area (Å²) in [4.78, 5) is -0.273. The van der Waals surface area contributed by atoms with Crippen LogP contribution in [0.5, 0.6) is 0 Å². The van der Waals surface area contributed by atoms with Crippen molar-refractivity contribution in [1.29, 1.82) is 0 Å². The number of halogens is 3. The largest absolute Gasteiger partial charge is 0.398 e. The highest BCUT2D eigenvalue weighted by Gasteiger charge is 2.19. The van der Waals surface area contributed by atoms with Gasteiger partial charge in [-0.05, 0) is 53.9 Å². The van der Waals surface area contributed by atoms with E-state index in [1.807, 2.05) is 0 Å². The molecule has 0 spiro atoms. The molecule has 0 aromatic heterocycles. The van der Waals surface area contributed by atoms with Gasteiger partial charge < -0.3 is 5.73 Å². The molecule has 1 aromatic carbocycles. The molecule has 4 nitrogen and oxygen atoms in total. The van der Waals surface area contributed by atoms with Crippen LogP contribution in [-0.4, -0.2) is 13.0 Å². The van der Waals surface area contributed by atoms with E-state index in [2.05, 4.69) is 47.8 Å². The van der Waals surface area contributed by atoms with Gasteiger partial charge in [-0.2, -0.15) is 8.42 Å². The Bertz CT molecular complexity index is 486. The summed E-state index contributed by atoms with van der Waals surface area (Å²) in [5, 5.41) is 0. The Labute approximate surface area is 106 Å². The molecule has 0 bridgehead atoms. The molecule has 1 aromatic rings. The molecule has 0 unspecified atom stereocenters. The lowest BCUT2D eigenvalue weighted by atomic mass is 10.3. The molecule has 0 radical (unpaired) electrons. The lowest BCUT2D eigenvalue weighted by molar-refractivity contribution is 0.482. The number of hydrogen-bond donors (Lipinski definition) is 2. The van der Waals surface area contributed by atoms with E-state index in [1.54, 1.807) is 0 Å². The minimum absolute atomic E-state index is 0.215. The van der Waals surface area contributed by atoms with Gasteiger partial charge >= 0.3 is 0 Å². The summed E-state index contributed by atoms with van der Waals surface area (Å²) in [5.41, 5.74) is 5.73. The van der Waals surface area contributed by atoms with Crippen molar-refractivity contribution < 1.29 is 13.0 Å². The molecular weight excluding hydrogens is 406 g/mol. The third kappa shape index (κ3) is 2.30. The van der Waals surface area contributed by atoms with E-state index >= 15 is 0 Å². The summed E-state index contributed by atoms with van der Waals surface area (Å²) in [6.45, 7) is 0. The third-order valence-corrected chi connectivity index (χ3v) is 6.10. The van der Waals surface area contributed by atoms with Crippen molar-refractivity contribution in [3.05, 3.63) is 19.5 Å². The molecule has 0 aliphatic carbocycles. The van der Waals surface area contributed by atoms with Crippen LogP contribution in [0.25, 0.3) is 0 Å². The SMILES string of the molecule is Nc1cc(S(=O)(=O)O)c(Br)c(Br)c1Br. The molecule has 0 saturated heterocycles. The van der Waals surface area contributed by atoms with Crippen LogP contribution in [0.1, 0.15) is 0 Å². The molecule has 78 valence electrons. The summed E-state index contributed by atoms with van der Waals surface area (Å²) in [6.07, 6.45) is 0. The minimum Gasteiger partial charge on any atom is -0.398 e. The van der Waals surface area contributed by atoms with Crippen molar-refractivity contribution in [3.63, 3.8) is 0 Å². The van der Waals surface area contributed by atoms with Gasteiger partial charge in [0.15, 0.2) is 0 Å². The Balaban J connectivity index is 3.66. The van der Waals surface area contributed by atoms with Crippen LogP contribution >= 0.6 is 47.8 Å². The lowest BCUT2D eigenvalue weighted by Crippen LogP contribution is -2.02. The van der Waals surface area contributed by atoms with E-state index in [0.29, 0.717) is 8.95 Å². The Morgan fingerprint density at radius 2 is 1.64 bits per heavy atom. The first kappa shape index (κ1) is 12.4. The fourth-order valence-electron chi connectivity index (χ4n) is 0.787. The molecule has 0 fully saturated rings. The Hall–Kier alpha value is 0.370. The second kappa shape index (κ2) is 4.09. The average Bonchev–Trinajstić information content (AvgIpc) is 2.06. The highest BCUT2D eigenvalue weighted by atomic mass is 79.9. The van der Waals surface area contributed by atoms with Crippen molar-refractivity contribution in [2.75, 3.05) is 5.73 Å². The van der Waals surface area contributed by atoms with Crippen molar-refractivity contribution in [2.45, 2.75) is 4.90 Å². The standard InChI is InChI=1S/C6H4Br3NO3S/c7-4-2(10)1-3(14(11,12)13)5(8)6(4)9/h1H,10H2,(H,11,12,13). The molecule has 1 rings (SSSR count). The zero-order valence-corrected chi connectivity index (χ0v) is 12.0. The highest BCUT2D eigenvalue weighted by Crippen LogP contribution is 2.39. The van der Waals surface area contributed by atoms with Crippen molar-refractivity contribution >= 4 is 63.6 Å². The van der Waals surface area contributed by atoms with Gasteiger partial charge in [0, 0.05) is 10.2 Å².